The summed E-state index contributed by atoms with van der Waals surface area (Å²) in [6, 6.07) is -0.225. The van der Waals surface area contributed by atoms with E-state index in [1.807, 2.05) is 0 Å². The quantitative estimate of drug-likeness (QED) is 0.798. The van der Waals surface area contributed by atoms with Crippen LogP contribution >= 0.6 is 0 Å². The maximum Gasteiger partial charge on any atom is 0.329 e. The number of hydrogen-bond donors (Lipinski definition) is 2. The summed E-state index contributed by atoms with van der Waals surface area (Å²) in [5.74, 6) is 1.31. The maximum absolute atomic E-state index is 11.7. The third kappa shape index (κ3) is 2.76. The molecule has 19 heavy (non-hydrogen) atoms. The molecule has 2 aliphatic rings. The van der Waals surface area contributed by atoms with E-state index in [-0.39, 0.29) is 18.1 Å². The van der Waals surface area contributed by atoms with Crippen molar-refractivity contribution in [3.8, 4) is 0 Å². The number of carbonyl (C=O) groups excluding carboxylic acids is 1. The van der Waals surface area contributed by atoms with Gasteiger partial charge in [0.1, 0.15) is 0 Å². The second-order valence-corrected chi connectivity index (χ2v) is 4.90. The smallest absolute Gasteiger partial charge is 0.329 e. The zero-order chi connectivity index (χ0) is 13.2. The number of nitrogens with zero attached hydrogens (tertiary/aromatic N) is 2. The minimum absolute atomic E-state index is 0.110. The summed E-state index contributed by atoms with van der Waals surface area (Å²) < 4.78 is 10.4. The first-order valence-electron chi connectivity index (χ1n) is 6.36. The minimum atomic E-state index is -0.335. The van der Waals surface area contributed by atoms with Crippen LogP contribution in [0.25, 0.3) is 0 Å². The van der Waals surface area contributed by atoms with Crippen LogP contribution in [-0.2, 0) is 4.74 Å². The van der Waals surface area contributed by atoms with Gasteiger partial charge in [0.25, 0.3) is 0 Å². The molecule has 2 amide bonds. The lowest BCUT2D eigenvalue weighted by molar-refractivity contribution is 0.140. The van der Waals surface area contributed by atoms with E-state index >= 15 is 0 Å². The van der Waals surface area contributed by atoms with Gasteiger partial charge in [0.15, 0.2) is 5.82 Å². The van der Waals surface area contributed by atoms with E-state index in [0.717, 1.165) is 13.0 Å². The fourth-order valence-corrected chi connectivity index (χ4v) is 2.47. The Bertz CT molecular complexity index is 499. The van der Waals surface area contributed by atoms with Crippen molar-refractivity contribution in [3.63, 3.8) is 0 Å². The lowest BCUT2D eigenvalue weighted by atomic mass is 9.85. The van der Waals surface area contributed by atoms with Crippen LogP contribution in [0.1, 0.15) is 12.2 Å². The van der Waals surface area contributed by atoms with Crippen LogP contribution in [0.2, 0.25) is 0 Å². The number of rotatable bonds is 3. The predicted molar refractivity (Wildman–Crippen MR) is 66.5 cm³/mol. The third-order valence-corrected chi connectivity index (χ3v) is 3.48. The zero-order valence-electron chi connectivity index (χ0n) is 10.6. The largest absolute Gasteiger partial charge is 0.374 e. The Morgan fingerprint density at radius 2 is 2.42 bits per heavy atom. The summed E-state index contributed by atoms with van der Waals surface area (Å²) in [5.41, 5.74) is 0. The first kappa shape index (κ1) is 12.2. The van der Waals surface area contributed by atoms with E-state index in [4.69, 9.17) is 9.26 Å². The Kier molecular flexibility index (Phi) is 3.20. The van der Waals surface area contributed by atoms with E-state index in [0.29, 0.717) is 24.2 Å². The molecule has 0 radical (unpaired) electrons. The number of fused-ring (bicyclic) bond motifs is 2. The standard InChI is InChI=1S/C12H16N4O3/c1-7-14-12(19-16-7)15-11(17)13-5-8-2-3-10-4-9(8)6-18-10/h2-3,8-10H,4-6H2,1H3,(H2,13,14,15,16,17)/t8-,9+,10-/m0/s1. The van der Waals surface area contributed by atoms with E-state index in [2.05, 4.69) is 32.9 Å². The van der Waals surface area contributed by atoms with Crippen LogP contribution in [0, 0.1) is 18.8 Å². The Morgan fingerprint density at radius 3 is 3.21 bits per heavy atom. The molecule has 1 aromatic heterocycles. The highest BCUT2D eigenvalue weighted by Gasteiger charge is 2.33. The lowest BCUT2D eigenvalue weighted by Crippen LogP contribution is -2.35. The highest BCUT2D eigenvalue weighted by atomic mass is 16.5. The van der Waals surface area contributed by atoms with Crippen molar-refractivity contribution in [1.82, 2.24) is 15.5 Å². The number of ether oxygens (including phenoxy) is 1. The molecule has 3 rings (SSSR count). The molecule has 102 valence electrons. The molecule has 1 aliphatic heterocycles. The van der Waals surface area contributed by atoms with Gasteiger partial charge in [-0.15, -0.1) is 0 Å². The second kappa shape index (κ2) is 5.00. The van der Waals surface area contributed by atoms with Gasteiger partial charge in [0.05, 0.1) is 12.7 Å². The number of amides is 2. The van der Waals surface area contributed by atoms with Gasteiger partial charge in [-0.1, -0.05) is 17.3 Å². The second-order valence-electron chi connectivity index (χ2n) is 4.90. The Hall–Kier alpha value is -1.89. The fraction of sp³-hybridized carbons (Fsp3) is 0.583. The molecule has 1 fully saturated rings. The van der Waals surface area contributed by atoms with Crippen LogP contribution in [0.3, 0.4) is 0 Å². The Balaban J connectivity index is 1.48. The number of hydrogen-bond acceptors (Lipinski definition) is 5. The monoisotopic (exact) mass is 264 g/mol. The predicted octanol–water partition coefficient (Wildman–Crippen LogP) is 1.09. The topological polar surface area (TPSA) is 89.3 Å². The molecule has 1 saturated heterocycles. The van der Waals surface area contributed by atoms with Crippen LogP contribution < -0.4 is 10.6 Å². The molecular weight excluding hydrogens is 248 g/mol. The van der Waals surface area contributed by atoms with Crippen LogP contribution in [0.5, 0.6) is 0 Å². The number of urea groups is 1. The lowest BCUT2D eigenvalue weighted by Gasteiger charge is -2.22. The molecule has 2 heterocycles. The van der Waals surface area contributed by atoms with Crippen molar-refractivity contribution in [3.05, 3.63) is 18.0 Å². The SMILES string of the molecule is Cc1noc(NC(=O)NC[C@@H]2C=C[C@H]3C[C@@H]2CO3)n1. The third-order valence-electron chi connectivity index (χ3n) is 3.48. The van der Waals surface area contributed by atoms with Crippen LogP contribution in [-0.4, -0.2) is 35.4 Å². The first-order chi connectivity index (χ1) is 9.20. The molecule has 1 aliphatic carbocycles. The molecule has 1 aromatic rings. The number of anilines is 1. The highest BCUT2D eigenvalue weighted by molar-refractivity contribution is 5.86. The number of aryl methyl sites for hydroxylation is 1. The van der Waals surface area contributed by atoms with E-state index in [1.165, 1.54) is 0 Å². The first-order valence-corrected chi connectivity index (χ1v) is 6.36. The summed E-state index contributed by atoms with van der Waals surface area (Å²) >= 11 is 0. The van der Waals surface area contributed by atoms with Gasteiger partial charge in [-0.05, 0) is 25.2 Å². The van der Waals surface area contributed by atoms with Gasteiger partial charge in [-0.3, -0.25) is 5.32 Å². The average Bonchev–Trinajstić information content (AvgIpc) is 2.96. The number of aromatic nitrogens is 2. The van der Waals surface area contributed by atoms with Crippen molar-refractivity contribution < 1.29 is 14.1 Å². The summed E-state index contributed by atoms with van der Waals surface area (Å²) in [6.07, 6.45) is 5.53. The summed E-state index contributed by atoms with van der Waals surface area (Å²) in [6.45, 7) is 3.04. The number of nitrogens with one attached hydrogen (secondary N) is 2. The maximum atomic E-state index is 11.7. The molecule has 0 saturated carbocycles. The van der Waals surface area contributed by atoms with E-state index in [1.54, 1.807) is 6.92 Å². The van der Waals surface area contributed by atoms with Crippen LogP contribution in [0.4, 0.5) is 10.8 Å². The van der Waals surface area contributed by atoms with Crippen molar-refractivity contribution in [2.24, 2.45) is 11.8 Å². The molecule has 0 unspecified atom stereocenters. The molecule has 0 spiro atoms. The summed E-state index contributed by atoms with van der Waals surface area (Å²) in [4.78, 5) is 15.6. The highest BCUT2D eigenvalue weighted by Crippen LogP contribution is 2.32. The fourth-order valence-electron chi connectivity index (χ4n) is 2.47. The van der Waals surface area contributed by atoms with Gasteiger partial charge in [0, 0.05) is 6.54 Å². The number of carbonyl (C=O) groups is 1. The summed E-state index contributed by atoms with van der Waals surface area (Å²) in [7, 11) is 0. The molecule has 2 bridgehead atoms. The van der Waals surface area contributed by atoms with Gasteiger partial charge in [-0.25, -0.2) is 4.79 Å². The van der Waals surface area contributed by atoms with E-state index < -0.39 is 0 Å². The molecule has 3 atom stereocenters. The minimum Gasteiger partial charge on any atom is -0.374 e. The zero-order valence-corrected chi connectivity index (χ0v) is 10.6. The normalized spacial score (nSPS) is 28.4. The molecular formula is C12H16N4O3. The Morgan fingerprint density at radius 1 is 1.53 bits per heavy atom. The van der Waals surface area contributed by atoms with Crippen molar-refractivity contribution in [2.45, 2.75) is 19.4 Å². The molecule has 0 aromatic carbocycles. The summed E-state index contributed by atoms with van der Waals surface area (Å²) in [5, 5.41) is 8.90. The van der Waals surface area contributed by atoms with Gasteiger partial charge < -0.3 is 14.6 Å². The van der Waals surface area contributed by atoms with Crippen molar-refractivity contribution in [2.75, 3.05) is 18.5 Å². The van der Waals surface area contributed by atoms with Gasteiger partial charge in [-0.2, -0.15) is 4.98 Å². The van der Waals surface area contributed by atoms with E-state index in [9.17, 15) is 4.79 Å². The van der Waals surface area contributed by atoms with Gasteiger partial charge >= 0.3 is 12.0 Å². The molecule has 2 N–H and O–H groups in total. The van der Waals surface area contributed by atoms with Crippen molar-refractivity contribution >= 4 is 12.0 Å². The van der Waals surface area contributed by atoms with Gasteiger partial charge in [0.2, 0.25) is 0 Å². The Labute approximate surface area is 110 Å². The van der Waals surface area contributed by atoms with Crippen LogP contribution in [0.15, 0.2) is 16.7 Å². The molecule has 7 heteroatoms. The van der Waals surface area contributed by atoms with Crippen molar-refractivity contribution in [1.29, 1.82) is 0 Å². The average molecular weight is 264 g/mol. The molecule has 7 nitrogen and oxygen atoms in total.